The first kappa shape index (κ1) is 15.9. The molecule has 0 aromatic rings. The lowest BCUT2D eigenvalue weighted by Crippen LogP contribution is -2.44. The highest BCUT2D eigenvalue weighted by Crippen LogP contribution is 2.41. The molecule has 0 spiro atoms. The Kier molecular flexibility index (Phi) is 5.21. The first-order valence-corrected chi connectivity index (χ1v) is 7.81. The summed E-state index contributed by atoms with van der Waals surface area (Å²) in [4.78, 5) is 12.1. The lowest BCUT2D eigenvalue weighted by molar-refractivity contribution is -0.198. The molecule has 20 heavy (non-hydrogen) atoms. The molecule has 0 aliphatic heterocycles. The standard InChI is InChI=1S/C14H21ClF3NO/c15-12-7-3-4-9(12)8-19-13(20)10-5-1-2-6-11(10)14(16,17)18/h9-12H,1-8H2,(H,19,20). The highest BCUT2D eigenvalue weighted by molar-refractivity contribution is 6.20. The van der Waals surface area contributed by atoms with Crippen molar-refractivity contribution in [3.63, 3.8) is 0 Å². The number of hydrogen-bond acceptors (Lipinski definition) is 1. The zero-order chi connectivity index (χ0) is 14.8. The monoisotopic (exact) mass is 311 g/mol. The molecule has 2 nitrogen and oxygen atoms in total. The van der Waals surface area contributed by atoms with Crippen molar-refractivity contribution in [2.45, 2.75) is 56.5 Å². The third-order valence-electron chi connectivity index (χ3n) is 4.63. The van der Waals surface area contributed by atoms with Crippen molar-refractivity contribution < 1.29 is 18.0 Å². The summed E-state index contributed by atoms with van der Waals surface area (Å²) < 4.78 is 38.9. The lowest BCUT2D eigenvalue weighted by Gasteiger charge is -2.32. The Balaban J connectivity index is 1.89. The van der Waals surface area contributed by atoms with Crippen LogP contribution in [0.25, 0.3) is 0 Å². The van der Waals surface area contributed by atoms with E-state index in [2.05, 4.69) is 5.32 Å². The molecule has 4 unspecified atom stereocenters. The van der Waals surface area contributed by atoms with Crippen molar-refractivity contribution in [3.8, 4) is 0 Å². The largest absolute Gasteiger partial charge is 0.392 e. The van der Waals surface area contributed by atoms with Crippen molar-refractivity contribution in [2.75, 3.05) is 6.54 Å². The third kappa shape index (κ3) is 3.80. The maximum absolute atomic E-state index is 13.0. The van der Waals surface area contributed by atoms with Crippen molar-refractivity contribution in [3.05, 3.63) is 0 Å². The minimum absolute atomic E-state index is 0.0417. The van der Waals surface area contributed by atoms with E-state index in [0.29, 0.717) is 25.8 Å². The number of hydrogen-bond donors (Lipinski definition) is 1. The van der Waals surface area contributed by atoms with Gasteiger partial charge in [0, 0.05) is 17.8 Å². The Labute approximate surface area is 122 Å². The predicted molar refractivity (Wildman–Crippen MR) is 71.5 cm³/mol. The lowest BCUT2D eigenvalue weighted by atomic mass is 9.78. The van der Waals surface area contributed by atoms with E-state index in [4.69, 9.17) is 11.6 Å². The van der Waals surface area contributed by atoms with Crippen LogP contribution in [0.1, 0.15) is 44.9 Å². The normalized spacial score (nSPS) is 35.0. The Morgan fingerprint density at radius 1 is 1.10 bits per heavy atom. The van der Waals surface area contributed by atoms with Crippen LogP contribution >= 0.6 is 11.6 Å². The molecule has 0 aromatic carbocycles. The van der Waals surface area contributed by atoms with Crippen molar-refractivity contribution in [1.29, 1.82) is 0 Å². The van der Waals surface area contributed by atoms with Crippen LogP contribution in [0.3, 0.4) is 0 Å². The molecule has 6 heteroatoms. The number of halogens is 4. The fourth-order valence-electron chi connectivity index (χ4n) is 3.42. The molecule has 0 aromatic heterocycles. The number of carbonyl (C=O) groups excluding carboxylic acids is 1. The van der Waals surface area contributed by atoms with E-state index < -0.39 is 23.9 Å². The van der Waals surface area contributed by atoms with Crippen molar-refractivity contribution in [1.82, 2.24) is 5.32 Å². The van der Waals surface area contributed by atoms with E-state index in [1.54, 1.807) is 0 Å². The average molecular weight is 312 g/mol. The summed E-state index contributed by atoms with van der Waals surface area (Å²) in [7, 11) is 0. The minimum atomic E-state index is -4.27. The van der Waals surface area contributed by atoms with Crippen molar-refractivity contribution >= 4 is 17.5 Å². The van der Waals surface area contributed by atoms with Gasteiger partial charge in [-0.15, -0.1) is 11.6 Å². The third-order valence-corrected chi connectivity index (χ3v) is 5.20. The molecule has 1 N–H and O–H groups in total. The first-order valence-electron chi connectivity index (χ1n) is 7.38. The number of nitrogens with one attached hydrogen (secondary N) is 1. The van der Waals surface area contributed by atoms with Gasteiger partial charge < -0.3 is 5.32 Å². The van der Waals surface area contributed by atoms with Crippen LogP contribution in [0.2, 0.25) is 0 Å². The van der Waals surface area contributed by atoms with Crippen LogP contribution in [0, 0.1) is 17.8 Å². The predicted octanol–water partition coefficient (Wildman–Crippen LogP) is 3.88. The van der Waals surface area contributed by atoms with Crippen LogP contribution < -0.4 is 5.32 Å². The Bertz CT molecular complexity index is 348. The first-order chi connectivity index (χ1) is 9.39. The summed E-state index contributed by atoms with van der Waals surface area (Å²) in [6.07, 6.45) is 0.299. The Morgan fingerprint density at radius 2 is 1.80 bits per heavy atom. The molecule has 2 aliphatic rings. The van der Waals surface area contributed by atoms with Gasteiger partial charge in [-0.3, -0.25) is 4.79 Å². The molecule has 0 heterocycles. The molecule has 1 amide bonds. The van der Waals surface area contributed by atoms with E-state index in [0.717, 1.165) is 19.3 Å². The van der Waals surface area contributed by atoms with Crippen LogP contribution in [-0.2, 0) is 4.79 Å². The molecule has 0 radical (unpaired) electrons. The molecule has 2 fully saturated rings. The Hall–Kier alpha value is -0.450. The van der Waals surface area contributed by atoms with Gasteiger partial charge in [0.1, 0.15) is 0 Å². The molecule has 4 atom stereocenters. The summed E-state index contributed by atoms with van der Waals surface area (Å²) in [5.74, 6) is -2.64. The maximum Gasteiger partial charge on any atom is 0.392 e. The number of rotatable bonds is 3. The van der Waals surface area contributed by atoms with Crippen LogP contribution in [0.5, 0.6) is 0 Å². The summed E-state index contributed by atoms with van der Waals surface area (Å²) in [5, 5.41) is 2.75. The van der Waals surface area contributed by atoms with Gasteiger partial charge in [-0.25, -0.2) is 0 Å². The fraction of sp³-hybridized carbons (Fsp3) is 0.929. The van der Waals surface area contributed by atoms with Gasteiger partial charge in [-0.05, 0) is 31.6 Å². The van der Waals surface area contributed by atoms with E-state index in [-0.39, 0.29) is 17.7 Å². The summed E-state index contributed by atoms with van der Waals surface area (Å²) in [6, 6.07) is 0. The van der Waals surface area contributed by atoms with Gasteiger partial charge in [0.15, 0.2) is 0 Å². The molecule has 0 bridgehead atoms. The van der Waals surface area contributed by atoms with E-state index in [9.17, 15) is 18.0 Å². The molecule has 0 saturated heterocycles. The number of alkyl halides is 4. The van der Waals surface area contributed by atoms with Crippen LogP contribution in [0.4, 0.5) is 13.2 Å². The van der Waals surface area contributed by atoms with E-state index >= 15 is 0 Å². The van der Waals surface area contributed by atoms with Crippen LogP contribution in [0.15, 0.2) is 0 Å². The van der Waals surface area contributed by atoms with Gasteiger partial charge >= 0.3 is 6.18 Å². The molecular weight excluding hydrogens is 291 g/mol. The second-order valence-electron chi connectivity index (χ2n) is 5.99. The smallest absolute Gasteiger partial charge is 0.356 e. The zero-order valence-corrected chi connectivity index (χ0v) is 12.1. The van der Waals surface area contributed by atoms with Gasteiger partial charge in [0.2, 0.25) is 5.91 Å². The topological polar surface area (TPSA) is 29.1 Å². The molecule has 2 aliphatic carbocycles. The SMILES string of the molecule is O=C(NCC1CCCC1Cl)C1CCCCC1C(F)(F)F. The highest BCUT2D eigenvalue weighted by Gasteiger charge is 2.48. The molecular formula is C14H21ClF3NO. The second kappa shape index (κ2) is 6.54. The number of amides is 1. The summed E-state index contributed by atoms with van der Waals surface area (Å²) in [5.41, 5.74) is 0. The molecule has 116 valence electrons. The second-order valence-corrected chi connectivity index (χ2v) is 6.55. The summed E-state index contributed by atoms with van der Waals surface area (Å²) in [6.45, 7) is 0.411. The average Bonchev–Trinajstić information content (AvgIpc) is 2.80. The minimum Gasteiger partial charge on any atom is -0.356 e. The number of carbonyl (C=O) groups is 1. The molecule has 2 rings (SSSR count). The quantitative estimate of drug-likeness (QED) is 0.787. The van der Waals surface area contributed by atoms with Gasteiger partial charge in [0.05, 0.1) is 5.92 Å². The van der Waals surface area contributed by atoms with Gasteiger partial charge in [-0.2, -0.15) is 13.2 Å². The Morgan fingerprint density at radius 3 is 2.40 bits per heavy atom. The van der Waals surface area contributed by atoms with E-state index in [1.807, 2.05) is 0 Å². The summed E-state index contributed by atoms with van der Waals surface area (Å²) >= 11 is 6.12. The van der Waals surface area contributed by atoms with E-state index in [1.165, 1.54) is 0 Å². The van der Waals surface area contributed by atoms with Crippen LogP contribution in [-0.4, -0.2) is 24.0 Å². The van der Waals surface area contributed by atoms with Gasteiger partial charge in [-0.1, -0.05) is 19.3 Å². The zero-order valence-electron chi connectivity index (χ0n) is 11.4. The van der Waals surface area contributed by atoms with Crippen molar-refractivity contribution in [2.24, 2.45) is 17.8 Å². The van der Waals surface area contributed by atoms with Gasteiger partial charge in [0.25, 0.3) is 0 Å². The highest BCUT2D eigenvalue weighted by atomic mass is 35.5. The fourth-order valence-corrected chi connectivity index (χ4v) is 3.79. The molecule has 2 saturated carbocycles. The maximum atomic E-state index is 13.0.